The molecule has 1 amide bonds. The van der Waals surface area contributed by atoms with E-state index in [1.165, 1.54) is 11.6 Å². The van der Waals surface area contributed by atoms with Crippen molar-refractivity contribution < 1.29 is 9.18 Å². The van der Waals surface area contributed by atoms with Crippen LogP contribution in [0.1, 0.15) is 27.2 Å². The highest BCUT2D eigenvalue weighted by atomic mass is 19.1. The van der Waals surface area contributed by atoms with E-state index in [1.807, 2.05) is 37.3 Å². The molecule has 0 aliphatic carbocycles. The molecule has 1 aliphatic heterocycles. The van der Waals surface area contributed by atoms with Gasteiger partial charge in [0.25, 0.3) is 5.91 Å². The number of aromatic nitrogens is 2. The lowest BCUT2D eigenvalue weighted by Gasteiger charge is -2.35. The van der Waals surface area contributed by atoms with E-state index in [-0.39, 0.29) is 11.7 Å². The summed E-state index contributed by atoms with van der Waals surface area (Å²) in [6.07, 6.45) is 0. The zero-order valence-electron chi connectivity index (χ0n) is 18.0. The number of aryl methyl sites for hydroxylation is 3. The monoisotopic (exact) mass is 419 g/mol. The summed E-state index contributed by atoms with van der Waals surface area (Å²) in [4.78, 5) is 25.8. The summed E-state index contributed by atoms with van der Waals surface area (Å²) in [7, 11) is 0. The van der Waals surface area contributed by atoms with Crippen molar-refractivity contribution in [3.8, 4) is 0 Å². The van der Waals surface area contributed by atoms with Gasteiger partial charge in [0.2, 0.25) is 5.95 Å². The van der Waals surface area contributed by atoms with Gasteiger partial charge < -0.3 is 15.1 Å². The van der Waals surface area contributed by atoms with Crippen LogP contribution in [0, 0.1) is 26.6 Å². The molecule has 1 fully saturated rings. The molecular formula is C24H26FN5O. The Bertz CT molecular complexity index is 1090. The first-order valence-electron chi connectivity index (χ1n) is 10.4. The van der Waals surface area contributed by atoms with Gasteiger partial charge in [-0.05, 0) is 50.6 Å². The second kappa shape index (κ2) is 8.71. The van der Waals surface area contributed by atoms with Gasteiger partial charge in [0.15, 0.2) is 0 Å². The van der Waals surface area contributed by atoms with Crippen LogP contribution in [0.2, 0.25) is 0 Å². The smallest absolute Gasteiger partial charge is 0.254 e. The molecule has 31 heavy (non-hydrogen) atoms. The molecule has 160 valence electrons. The lowest BCUT2D eigenvalue weighted by Crippen LogP contribution is -2.49. The van der Waals surface area contributed by atoms with Crippen LogP contribution in [-0.2, 0) is 0 Å². The molecule has 0 atom stereocenters. The molecule has 0 radical (unpaired) electrons. The largest absolute Gasteiger partial charge is 0.340 e. The second-order valence-corrected chi connectivity index (χ2v) is 7.93. The Labute approximate surface area is 181 Å². The zero-order valence-corrected chi connectivity index (χ0v) is 18.0. The third-order valence-corrected chi connectivity index (χ3v) is 5.43. The van der Waals surface area contributed by atoms with Gasteiger partial charge in [-0.25, -0.2) is 9.37 Å². The van der Waals surface area contributed by atoms with Gasteiger partial charge >= 0.3 is 0 Å². The summed E-state index contributed by atoms with van der Waals surface area (Å²) in [5.74, 6) is 0.875. The van der Waals surface area contributed by atoms with E-state index < -0.39 is 0 Å². The van der Waals surface area contributed by atoms with Crippen LogP contribution in [-0.4, -0.2) is 47.0 Å². The predicted molar refractivity (Wildman–Crippen MR) is 120 cm³/mol. The average Bonchev–Trinajstić information content (AvgIpc) is 2.76. The number of hydrogen-bond donors (Lipinski definition) is 1. The highest BCUT2D eigenvalue weighted by Crippen LogP contribution is 2.20. The molecule has 0 saturated carbocycles. The number of amides is 1. The zero-order chi connectivity index (χ0) is 22.0. The topological polar surface area (TPSA) is 61.4 Å². The number of benzene rings is 2. The molecule has 0 unspecified atom stereocenters. The Hall–Kier alpha value is -3.48. The number of nitrogens with zero attached hydrogens (tertiary/aromatic N) is 4. The van der Waals surface area contributed by atoms with Crippen LogP contribution >= 0.6 is 0 Å². The Kier molecular flexibility index (Phi) is 5.84. The number of hydrogen-bond acceptors (Lipinski definition) is 5. The maximum atomic E-state index is 13.8. The van der Waals surface area contributed by atoms with E-state index in [2.05, 4.69) is 27.1 Å². The van der Waals surface area contributed by atoms with Gasteiger partial charge in [-0.1, -0.05) is 23.8 Å². The van der Waals surface area contributed by atoms with Crippen molar-refractivity contribution in [3.05, 3.63) is 76.7 Å². The van der Waals surface area contributed by atoms with Crippen molar-refractivity contribution in [3.63, 3.8) is 0 Å². The van der Waals surface area contributed by atoms with Gasteiger partial charge in [0, 0.05) is 49.2 Å². The highest BCUT2D eigenvalue weighted by molar-refractivity contribution is 5.94. The molecular weight excluding hydrogens is 393 g/mol. The third-order valence-electron chi connectivity index (χ3n) is 5.43. The van der Waals surface area contributed by atoms with Crippen molar-refractivity contribution in [1.82, 2.24) is 14.9 Å². The minimum Gasteiger partial charge on any atom is -0.340 e. The van der Waals surface area contributed by atoms with E-state index in [0.29, 0.717) is 43.3 Å². The number of piperazine rings is 1. The molecule has 1 aromatic heterocycles. The fourth-order valence-electron chi connectivity index (χ4n) is 3.56. The second-order valence-electron chi connectivity index (χ2n) is 7.93. The SMILES string of the molecule is Cc1ccc(Nc2cc(C)nc(N3CCN(C(=O)c4ccc(C)c(F)c4)CC3)n2)cc1. The normalized spacial score (nSPS) is 13.9. The van der Waals surface area contributed by atoms with Crippen LogP contribution in [0.5, 0.6) is 0 Å². The van der Waals surface area contributed by atoms with Gasteiger partial charge in [-0.3, -0.25) is 4.79 Å². The minimum absolute atomic E-state index is 0.148. The van der Waals surface area contributed by atoms with Crippen molar-refractivity contribution >= 4 is 23.4 Å². The Morgan fingerprint density at radius 1 is 0.935 bits per heavy atom. The molecule has 1 saturated heterocycles. The number of carbonyl (C=O) groups excluding carboxylic acids is 1. The maximum absolute atomic E-state index is 13.8. The van der Waals surface area contributed by atoms with E-state index in [4.69, 9.17) is 0 Å². The lowest BCUT2D eigenvalue weighted by atomic mass is 10.1. The van der Waals surface area contributed by atoms with Crippen molar-refractivity contribution in [1.29, 1.82) is 0 Å². The Morgan fingerprint density at radius 3 is 2.32 bits per heavy atom. The standard InChI is InChI=1S/C24H26FN5O/c1-16-4-8-20(9-5-16)27-22-14-18(3)26-24(28-22)30-12-10-29(11-13-30)23(31)19-7-6-17(2)21(25)15-19/h4-9,14-15H,10-13H2,1-3H3,(H,26,27,28). The average molecular weight is 420 g/mol. The lowest BCUT2D eigenvalue weighted by molar-refractivity contribution is 0.0745. The number of halogens is 1. The first-order valence-corrected chi connectivity index (χ1v) is 10.4. The number of nitrogens with one attached hydrogen (secondary N) is 1. The summed E-state index contributed by atoms with van der Waals surface area (Å²) in [5, 5.41) is 3.33. The quantitative estimate of drug-likeness (QED) is 0.685. The Balaban J connectivity index is 1.43. The third kappa shape index (κ3) is 4.82. The molecule has 1 aliphatic rings. The van der Waals surface area contributed by atoms with Crippen LogP contribution < -0.4 is 10.2 Å². The number of anilines is 3. The van der Waals surface area contributed by atoms with Crippen molar-refractivity contribution in [2.45, 2.75) is 20.8 Å². The van der Waals surface area contributed by atoms with Crippen molar-refractivity contribution in [2.24, 2.45) is 0 Å². The van der Waals surface area contributed by atoms with Crippen LogP contribution in [0.15, 0.2) is 48.5 Å². The van der Waals surface area contributed by atoms with Gasteiger partial charge in [0.1, 0.15) is 11.6 Å². The molecule has 0 bridgehead atoms. The van der Waals surface area contributed by atoms with Crippen LogP contribution in [0.3, 0.4) is 0 Å². The van der Waals surface area contributed by atoms with Crippen molar-refractivity contribution in [2.75, 3.05) is 36.4 Å². The Morgan fingerprint density at radius 2 is 1.65 bits per heavy atom. The minimum atomic E-state index is -0.355. The summed E-state index contributed by atoms with van der Waals surface area (Å²) in [5.41, 5.74) is 3.95. The summed E-state index contributed by atoms with van der Waals surface area (Å²) in [6.45, 7) is 7.99. The van der Waals surface area contributed by atoms with E-state index in [9.17, 15) is 9.18 Å². The molecule has 2 aromatic carbocycles. The maximum Gasteiger partial charge on any atom is 0.254 e. The van der Waals surface area contributed by atoms with Crippen LogP contribution in [0.25, 0.3) is 0 Å². The van der Waals surface area contributed by atoms with Crippen LogP contribution in [0.4, 0.5) is 21.8 Å². The van der Waals surface area contributed by atoms with Gasteiger partial charge in [-0.15, -0.1) is 0 Å². The molecule has 3 aromatic rings. The molecule has 1 N–H and O–H groups in total. The first-order chi connectivity index (χ1) is 14.9. The van der Waals surface area contributed by atoms with E-state index in [0.717, 1.165) is 17.2 Å². The summed E-state index contributed by atoms with van der Waals surface area (Å²) in [6, 6.07) is 14.7. The predicted octanol–water partition coefficient (Wildman–Crippen LogP) is 4.25. The van der Waals surface area contributed by atoms with E-state index >= 15 is 0 Å². The molecule has 4 rings (SSSR count). The number of rotatable bonds is 4. The highest BCUT2D eigenvalue weighted by Gasteiger charge is 2.24. The fraction of sp³-hybridized carbons (Fsp3) is 0.292. The first kappa shape index (κ1) is 20.8. The van der Waals surface area contributed by atoms with Gasteiger partial charge in [-0.2, -0.15) is 4.98 Å². The molecule has 7 heteroatoms. The van der Waals surface area contributed by atoms with Gasteiger partial charge in [0.05, 0.1) is 0 Å². The molecule has 6 nitrogen and oxygen atoms in total. The molecule has 0 spiro atoms. The summed E-state index contributed by atoms with van der Waals surface area (Å²) < 4.78 is 13.8. The number of carbonyl (C=O) groups is 1. The van der Waals surface area contributed by atoms with E-state index in [1.54, 1.807) is 24.0 Å². The fourth-order valence-corrected chi connectivity index (χ4v) is 3.56. The molecule has 2 heterocycles. The summed E-state index contributed by atoms with van der Waals surface area (Å²) >= 11 is 0.